The molecule has 0 aromatic heterocycles. The number of rotatable bonds is 3. The molecule has 0 saturated carbocycles. The van der Waals surface area contributed by atoms with Gasteiger partial charge in [0.15, 0.2) is 0 Å². The molecule has 0 N–H and O–H groups in total. The van der Waals surface area contributed by atoms with Gasteiger partial charge in [0, 0.05) is 4.47 Å². The SMILES string of the molecule is Clc1c(Br)ccc(OCC2CO2)c1Cl. The molecular formula is C9H7BrCl2O2. The second-order valence-corrected chi connectivity index (χ2v) is 4.55. The highest BCUT2D eigenvalue weighted by Crippen LogP contribution is 2.37. The molecule has 14 heavy (non-hydrogen) atoms. The molecule has 1 aliphatic heterocycles. The van der Waals surface area contributed by atoms with Crippen molar-refractivity contribution < 1.29 is 9.47 Å². The summed E-state index contributed by atoms with van der Waals surface area (Å²) in [4.78, 5) is 0. The lowest BCUT2D eigenvalue weighted by molar-refractivity contribution is 0.263. The molecule has 5 heteroatoms. The fourth-order valence-corrected chi connectivity index (χ4v) is 1.79. The van der Waals surface area contributed by atoms with Gasteiger partial charge in [-0.25, -0.2) is 0 Å². The van der Waals surface area contributed by atoms with E-state index in [0.717, 1.165) is 11.1 Å². The van der Waals surface area contributed by atoms with Crippen LogP contribution >= 0.6 is 39.1 Å². The minimum Gasteiger partial charge on any atom is -0.489 e. The van der Waals surface area contributed by atoms with E-state index in [1.54, 1.807) is 12.1 Å². The molecule has 1 heterocycles. The van der Waals surface area contributed by atoms with E-state index in [1.807, 2.05) is 0 Å². The van der Waals surface area contributed by atoms with Crippen molar-refractivity contribution in [1.82, 2.24) is 0 Å². The number of epoxide rings is 1. The summed E-state index contributed by atoms with van der Waals surface area (Å²) in [6.07, 6.45) is 0.216. The second-order valence-electron chi connectivity index (χ2n) is 2.94. The molecule has 1 aromatic rings. The van der Waals surface area contributed by atoms with Crippen molar-refractivity contribution in [2.24, 2.45) is 0 Å². The summed E-state index contributed by atoms with van der Waals surface area (Å²) in [7, 11) is 0. The highest BCUT2D eigenvalue weighted by molar-refractivity contribution is 9.10. The molecule has 1 unspecified atom stereocenters. The van der Waals surface area contributed by atoms with Crippen LogP contribution in [0.3, 0.4) is 0 Å². The Balaban J connectivity index is 2.11. The first-order valence-electron chi connectivity index (χ1n) is 4.06. The molecule has 0 spiro atoms. The molecule has 2 rings (SSSR count). The summed E-state index contributed by atoms with van der Waals surface area (Å²) in [6.45, 7) is 1.29. The van der Waals surface area contributed by atoms with Crippen molar-refractivity contribution in [3.63, 3.8) is 0 Å². The fourth-order valence-electron chi connectivity index (χ4n) is 0.967. The van der Waals surface area contributed by atoms with Crippen molar-refractivity contribution >= 4 is 39.1 Å². The molecule has 1 aromatic carbocycles. The zero-order chi connectivity index (χ0) is 10.1. The van der Waals surface area contributed by atoms with Crippen LogP contribution in [0.2, 0.25) is 10.0 Å². The first-order chi connectivity index (χ1) is 6.68. The quantitative estimate of drug-likeness (QED) is 0.629. The maximum atomic E-state index is 5.97. The van der Waals surface area contributed by atoms with Gasteiger partial charge in [-0.3, -0.25) is 0 Å². The Labute approximate surface area is 100 Å². The third kappa shape index (κ3) is 2.34. The van der Waals surface area contributed by atoms with E-state index >= 15 is 0 Å². The van der Waals surface area contributed by atoms with Crippen LogP contribution in [0.5, 0.6) is 5.75 Å². The Hall–Kier alpha value is 0.0400. The van der Waals surface area contributed by atoms with Crippen LogP contribution in [0.1, 0.15) is 0 Å². The van der Waals surface area contributed by atoms with Crippen LogP contribution < -0.4 is 4.74 Å². The lowest BCUT2D eigenvalue weighted by atomic mass is 10.3. The normalized spacial score (nSPS) is 19.5. The third-order valence-electron chi connectivity index (χ3n) is 1.83. The number of halogens is 3. The predicted octanol–water partition coefficient (Wildman–Crippen LogP) is 3.53. The molecule has 1 atom stereocenters. The Kier molecular flexibility index (Phi) is 3.22. The lowest BCUT2D eigenvalue weighted by Gasteiger charge is -2.08. The summed E-state index contributed by atoms with van der Waals surface area (Å²) in [5.41, 5.74) is 0. The number of hydrogen-bond acceptors (Lipinski definition) is 2. The van der Waals surface area contributed by atoms with Gasteiger partial charge in [0.2, 0.25) is 0 Å². The first kappa shape index (κ1) is 10.6. The van der Waals surface area contributed by atoms with Crippen LogP contribution in [0.25, 0.3) is 0 Å². The summed E-state index contributed by atoms with van der Waals surface area (Å²) >= 11 is 15.2. The van der Waals surface area contributed by atoms with Crippen LogP contribution in [0.4, 0.5) is 0 Å². The van der Waals surface area contributed by atoms with Gasteiger partial charge in [-0.2, -0.15) is 0 Å². The molecule has 2 nitrogen and oxygen atoms in total. The van der Waals surface area contributed by atoms with Crippen LogP contribution in [-0.4, -0.2) is 19.3 Å². The van der Waals surface area contributed by atoms with Crippen molar-refractivity contribution in [3.8, 4) is 5.75 Å². The minimum atomic E-state index is 0.216. The van der Waals surface area contributed by atoms with Crippen LogP contribution in [-0.2, 0) is 4.74 Å². The van der Waals surface area contributed by atoms with E-state index in [4.69, 9.17) is 32.7 Å². The van der Waals surface area contributed by atoms with E-state index in [-0.39, 0.29) is 6.10 Å². The average Bonchev–Trinajstić information content (AvgIpc) is 2.97. The van der Waals surface area contributed by atoms with Crippen molar-refractivity contribution in [1.29, 1.82) is 0 Å². The average molecular weight is 298 g/mol. The van der Waals surface area contributed by atoms with Crippen LogP contribution in [0, 0.1) is 0 Å². The molecule has 0 aliphatic carbocycles. The molecule has 1 saturated heterocycles. The Morgan fingerprint density at radius 3 is 2.79 bits per heavy atom. The van der Waals surface area contributed by atoms with Crippen molar-refractivity contribution in [2.45, 2.75) is 6.10 Å². The van der Waals surface area contributed by atoms with E-state index in [9.17, 15) is 0 Å². The number of ether oxygens (including phenoxy) is 2. The van der Waals surface area contributed by atoms with Gasteiger partial charge in [0.05, 0.1) is 11.6 Å². The first-order valence-corrected chi connectivity index (χ1v) is 5.61. The molecule has 1 aliphatic rings. The van der Waals surface area contributed by atoms with Crippen molar-refractivity contribution in [3.05, 3.63) is 26.7 Å². The largest absolute Gasteiger partial charge is 0.489 e. The van der Waals surface area contributed by atoms with Gasteiger partial charge in [-0.1, -0.05) is 23.2 Å². The molecule has 0 radical (unpaired) electrons. The molecule has 0 bridgehead atoms. The summed E-state index contributed by atoms with van der Waals surface area (Å²) in [5, 5.41) is 0.905. The smallest absolute Gasteiger partial charge is 0.139 e. The predicted molar refractivity (Wildman–Crippen MR) is 59.4 cm³/mol. The summed E-state index contributed by atoms with van der Waals surface area (Å²) in [6, 6.07) is 3.58. The lowest BCUT2D eigenvalue weighted by Crippen LogP contribution is -2.04. The highest BCUT2D eigenvalue weighted by atomic mass is 79.9. The van der Waals surface area contributed by atoms with E-state index in [0.29, 0.717) is 22.4 Å². The van der Waals surface area contributed by atoms with Gasteiger partial charge in [0.1, 0.15) is 23.5 Å². The summed E-state index contributed by atoms with van der Waals surface area (Å²) in [5.74, 6) is 0.593. The van der Waals surface area contributed by atoms with Gasteiger partial charge in [-0.05, 0) is 28.1 Å². The van der Waals surface area contributed by atoms with Gasteiger partial charge in [0.25, 0.3) is 0 Å². The fraction of sp³-hybridized carbons (Fsp3) is 0.333. The topological polar surface area (TPSA) is 21.8 Å². The molecule has 1 fully saturated rings. The van der Waals surface area contributed by atoms with Gasteiger partial charge in [-0.15, -0.1) is 0 Å². The number of benzene rings is 1. The zero-order valence-corrected chi connectivity index (χ0v) is 10.2. The summed E-state index contributed by atoms with van der Waals surface area (Å²) < 4.78 is 11.2. The minimum absolute atomic E-state index is 0.216. The van der Waals surface area contributed by atoms with Gasteiger partial charge < -0.3 is 9.47 Å². The Morgan fingerprint density at radius 2 is 2.14 bits per heavy atom. The zero-order valence-electron chi connectivity index (χ0n) is 7.10. The Morgan fingerprint density at radius 1 is 1.43 bits per heavy atom. The molecular weight excluding hydrogens is 291 g/mol. The monoisotopic (exact) mass is 296 g/mol. The van der Waals surface area contributed by atoms with E-state index in [2.05, 4.69) is 15.9 Å². The van der Waals surface area contributed by atoms with Gasteiger partial charge >= 0.3 is 0 Å². The van der Waals surface area contributed by atoms with Crippen molar-refractivity contribution in [2.75, 3.05) is 13.2 Å². The number of hydrogen-bond donors (Lipinski definition) is 0. The van der Waals surface area contributed by atoms with E-state index < -0.39 is 0 Å². The molecule has 76 valence electrons. The maximum absolute atomic E-state index is 5.97. The standard InChI is InChI=1S/C9H7BrCl2O2/c10-6-1-2-7(9(12)8(6)11)14-4-5-3-13-5/h1-2,5H,3-4H2. The van der Waals surface area contributed by atoms with E-state index in [1.165, 1.54) is 0 Å². The van der Waals surface area contributed by atoms with Crippen LogP contribution in [0.15, 0.2) is 16.6 Å². The Bertz CT molecular complexity index is 353. The third-order valence-corrected chi connectivity index (χ3v) is 3.58. The molecule has 0 amide bonds. The highest BCUT2D eigenvalue weighted by Gasteiger charge is 2.23. The second kappa shape index (κ2) is 4.27. The maximum Gasteiger partial charge on any atom is 0.139 e.